The van der Waals surface area contributed by atoms with Gasteiger partial charge in [0.2, 0.25) is 5.91 Å². The summed E-state index contributed by atoms with van der Waals surface area (Å²) in [5, 5.41) is 3.64. The average Bonchev–Trinajstić information content (AvgIpc) is 3.52. The van der Waals surface area contributed by atoms with Gasteiger partial charge in [-0.25, -0.2) is 0 Å². The SMILES string of the molecule is CCC(C)NC(=NCCc1ccco1)N1CC(CCN2CCCC2=O)c2ccccc21.I. The Bertz CT molecular complexity index is 899. The van der Waals surface area contributed by atoms with Crippen molar-refractivity contribution in [2.75, 3.05) is 31.1 Å². The highest BCUT2D eigenvalue weighted by Gasteiger charge is 2.32. The number of carbonyl (C=O) groups is 1. The molecule has 7 heteroatoms. The molecule has 0 aliphatic carbocycles. The van der Waals surface area contributed by atoms with Crippen molar-refractivity contribution in [3.05, 3.63) is 54.0 Å². The molecule has 0 spiro atoms. The van der Waals surface area contributed by atoms with E-state index in [0.717, 1.165) is 57.0 Å². The van der Waals surface area contributed by atoms with Crippen LogP contribution in [0, 0.1) is 0 Å². The second-order valence-electron chi connectivity index (χ2n) is 8.63. The average molecular weight is 550 g/mol. The largest absolute Gasteiger partial charge is 0.469 e. The van der Waals surface area contributed by atoms with Crippen molar-refractivity contribution in [1.82, 2.24) is 10.2 Å². The van der Waals surface area contributed by atoms with Gasteiger partial charge in [-0.1, -0.05) is 25.1 Å². The molecule has 32 heavy (non-hydrogen) atoms. The summed E-state index contributed by atoms with van der Waals surface area (Å²) < 4.78 is 5.47. The molecule has 2 aromatic rings. The number of likely N-dealkylation sites (tertiary alicyclic amines) is 1. The van der Waals surface area contributed by atoms with E-state index in [-0.39, 0.29) is 24.0 Å². The number of benzene rings is 1. The first-order valence-corrected chi connectivity index (χ1v) is 11.6. The molecule has 1 aromatic heterocycles. The summed E-state index contributed by atoms with van der Waals surface area (Å²) in [7, 11) is 0. The normalized spacial score (nSPS) is 19.1. The van der Waals surface area contributed by atoms with Crippen molar-refractivity contribution in [2.24, 2.45) is 4.99 Å². The highest BCUT2D eigenvalue weighted by atomic mass is 127. The number of halogens is 1. The third kappa shape index (κ3) is 5.85. The van der Waals surface area contributed by atoms with Crippen LogP contribution < -0.4 is 10.2 Å². The molecule has 174 valence electrons. The van der Waals surface area contributed by atoms with Gasteiger partial charge in [0.15, 0.2) is 5.96 Å². The summed E-state index contributed by atoms with van der Waals surface area (Å²) in [4.78, 5) is 21.4. The van der Waals surface area contributed by atoms with E-state index in [0.29, 0.717) is 30.8 Å². The van der Waals surface area contributed by atoms with Gasteiger partial charge >= 0.3 is 0 Å². The Morgan fingerprint density at radius 2 is 2.12 bits per heavy atom. The molecule has 0 radical (unpaired) electrons. The van der Waals surface area contributed by atoms with E-state index < -0.39 is 0 Å². The van der Waals surface area contributed by atoms with Crippen molar-refractivity contribution >= 4 is 41.5 Å². The summed E-state index contributed by atoms with van der Waals surface area (Å²) in [6, 6.07) is 12.9. The highest BCUT2D eigenvalue weighted by molar-refractivity contribution is 14.0. The zero-order valence-corrected chi connectivity index (χ0v) is 21.5. The number of anilines is 1. The fraction of sp³-hybridized carbons (Fsp3) is 0.520. The molecule has 2 aliphatic rings. The number of amides is 1. The number of guanidine groups is 1. The molecule has 1 aromatic carbocycles. The van der Waals surface area contributed by atoms with Crippen LogP contribution in [0.3, 0.4) is 0 Å². The van der Waals surface area contributed by atoms with E-state index >= 15 is 0 Å². The van der Waals surface area contributed by atoms with E-state index in [1.807, 2.05) is 17.0 Å². The number of rotatable bonds is 8. The first-order valence-electron chi connectivity index (χ1n) is 11.6. The first kappa shape index (κ1) is 24.6. The molecule has 1 saturated heterocycles. The summed E-state index contributed by atoms with van der Waals surface area (Å²) in [5.74, 6) is 2.61. The summed E-state index contributed by atoms with van der Waals surface area (Å²) >= 11 is 0. The van der Waals surface area contributed by atoms with Gasteiger partial charge < -0.3 is 19.5 Å². The van der Waals surface area contributed by atoms with Crippen LogP contribution >= 0.6 is 24.0 Å². The van der Waals surface area contributed by atoms with Crippen LogP contribution in [-0.4, -0.2) is 49.0 Å². The van der Waals surface area contributed by atoms with E-state index in [9.17, 15) is 4.79 Å². The van der Waals surface area contributed by atoms with E-state index in [1.165, 1.54) is 11.3 Å². The molecular weight excluding hydrogens is 515 g/mol. The molecule has 4 rings (SSSR count). The number of nitrogens with zero attached hydrogens (tertiary/aromatic N) is 3. The summed E-state index contributed by atoms with van der Waals surface area (Å²) in [5.41, 5.74) is 2.59. The number of para-hydroxylation sites is 1. The third-order valence-electron chi connectivity index (χ3n) is 6.43. The second-order valence-corrected chi connectivity index (χ2v) is 8.63. The van der Waals surface area contributed by atoms with Gasteiger partial charge in [0.05, 0.1) is 6.26 Å². The van der Waals surface area contributed by atoms with Crippen molar-refractivity contribution in [2.45, 2.75) is 57.9 Å². The molecule has 0 bridgehead atoms. The van der Waals surface area contributed by atoms with Crippen molar-refractivity contribution in [3.63, 3.8) is 0 Å². The number of fused-ring (bicyclic) bond motifs is 1. The molecule has 1 amide bonds. The monoisotopic (exact) mass is 550 g/mol. The Kier molecular flexibility index (Phi) is 9.02. The summed E-state index contributed by atoms with van der Waals surface area (Å²) in [6.45, 7) is 7.70. The zero-order valence-electron chi connectivity index (χ0n) is 19.1. The van der Waals surface area contributed by atoms with Gasteiger partial charge in [-0.05, 0) is 49.9 Å². The lowest BCUT2D eigenvalue weighted by Gasteiger charge is -2.26. The molecule has 1 fully saturated rings. The number of furan rings is 1. The number of carbonyl (C=O) groups excluding carboxylic acids is 1. The molecular formula is C25H35IN4O2. The zero-order chi connectivity index (χ0) is 21.6. The maximum Gasteiger partial charge on any atom is 0.222 e. The maximum absolute atomic E-state index is 12.0. The minimum absolute atomic E-state index is 0. The smallest absolute Gasteiger partial charge is 0.222 e. The summed E-state index contributed by atoms with van der Waals surface area (Å²) in [6.07, 6.45) is 6.23. The molecule has 0 saturated carbocycles. The van der Waals surface area contributed by atoms with Gasteiger partial charge in [-0.3, -0.25) is 9.79 Å². The van der Waals surface area contributed by atoms with E-state index in [1.54, 1.807) is 6.26 Å². The van der Waals surface area contributed by atoms with Crippen LogP contribution in [0.5, 0.6) is 0 Å². The molecule has 2 unspecified atom stereocenters. The third-order valence-corrected chi connectivity index (χ3v) is 6.43. The Morgan fingerprint density at radius 1 is 1.28 bits per heavy atom. The molecule has 2 aliphatic heterocycles. The topological polar surface area (TPSA) is 61.1 Å². The Balaban J connectivity index is 0.00000289. The molecule has 3 heterocycles. The van der Waals surface area contributed by atoms with Gasteiger partial charge in [-0.15, -0.1) is 24.0 Å². The predicted molar refractivity (Wildman–Crippen MR) is 140 cm³/mol. The molecule has 1 N–H and O–H groups in total. The number of hydrogen-bond acceptors (Lipinski definition) is 3. The van der Waals surface area contributed by atoms with E-state index in [4.69, 9.17) is 9.41 Å². The van der Waals surface area contributed by atoms with Crippen molar-refractivity contribution in [3.8, 4) is 0 Å². The van der Waals surface area contributed by atoms with Gasteiger partial charge in [-0.2, -0.15) is 0 Å². The molecule has 2 atom stereocenters. The number of nitrogens with one attached hydrogen (secondary N) is 1. The van der Waals surface area contributed by atoms with Crippen LogP contribution in [0.2, 0.25) is 0 Å². The minimum atomic E-state index is 0. The van der Waals surface area contributed by atoms with E-state index in [2.05, 4.69) is 48.3 Å². The van der Waals surface area contributed by atoms with Crippen LogP contribution in [0.25, 0.3) is 0 Å². The fourth-order valence-corrected chi connectivity index (χ4v) is 4.45. The maximum atomic E-state index is 12.0. The van der Waals surface area contributed by atoms with Crippen LogP contribution in [0.1, 0.15) is 56.8 Å². The van der Waals surface area contributed by atoms with Crippen LogP contribution in [0.4, 0.5) is 5.69 Å². The quantitative estimate of drug-likeness (QED) is 0.292. The highest BCUT2D eigenvalue weighted by Crippen LogP contribution is 2.38. The van der Waals surface area contributed by atoms with Gasteiger partial charge in [0.25, 0.3) is 0 Å². The lowest BCUT2D eigenvalue weighted by atomic mass is 9.98. The van der Waals surface area contributed by atoms with Crippen LogP contribution in [-0.2, 0) is 11.2 Å². The Morgan fingerprint density at radius 3 is 2.84 bits per heavy atom. The Labute approximate surface area is 208 Å². The van der Waals surface area contributed by atoms with Gasteiger partial charge in [0, 0.05) is 56.7 Å². The van der Waals surface area contributed by atoms with Crippen molar-refractivity contribution < 1.29 is 9.21 Å². The predicted octanol–water partition coefficient (Wildman–Crippen LogP) is 4.80. The lowest BCUT2D eigenvalue weighted by Crippen LogP contribution is -2.45. The second kappa shape index (κ2) is 11.7. The number of hydrogen-bond donors (Lipinski definition) is 1. The van der Waals surface area contributed by atoms with Gasteiger partial charge in [0.1, 0.15) is 5.76 Å². The Hall–Kier alpha value is -2.03. The molecule has 6 nitrogen and oxygen atoms in total. The fourth-order valence-electron chi connectivity index (χ4n) is 4.45. The number of aliphatic imine (C=N–C) groups is 1. The van der Waals surface area contributed by atoms with Crippen molar-refractivity contribution in [1.29, 1.82) is 0 Å². The minimum Gasteiger partial charge on any atom is -0.469 e. The lowest BCUT2D eigenvalue weighted by molar-refractivity contribution is -0.127. The first-order chi connectivity index (χ1) is 15.2. The standard InChI is InChI=1S/C25H34N4O2.HI/c1-3-19(2)27-25(26-14-12-21-8-7-17-31-21)29-18-20(22-9-4-5-10-23(22)29)13-16-28-15-6-11-24(28)30;/h4-5,7-10,17,19-20H,3,6,11-16,18H2,1-2H3,(H,26,27);1H. The van der Waals surface area contributed by atoms with Crippen LogP contribution in [0.15, 0.2) is 52.1 Å².